The SMILES string of the molecule is COc1ccc(F)cc1CN1CCN(C(=O)C2CC3CCCC(C2)C3N)CC1.Cl.Cl. The molecule has 1 aromatic rings. The third kappa shape index (κ3) is 5.39. The number of fused-ring (bicyclic) bond motifs is 2. The summed E-state index contributed by atoms with van der Waals surface area (Å²) in [5.74, 6) is 2.01. The van der Waals surface area contributed by atoms with Gasteiger partial charge < -0.3 is 15.4 Å². The first-order chi connectivity index (χ1) is 13.5. The van der Waals surface area contributed by atoms with E-state index in [4.69, 9.17) is 10.5 Å². The molecule has 0 radical (unpaired) electrons. The Morgan fingerprint density at radius 3 is 2.37 bits per heavy atom. The number of carbonyl (C=O) groups excluding carboxylic acids is 1. The van der Waals surface area contributed by atoms with Crippen molar-refractivity contribution in [1.82, 2.24) is 9.80 Å². The van der Waals surface area contributed by atoms with Crippen LogP contribution in [0.2, 0.25) is 0 Å². The highest BCUT2D eigenvalue weighted by molar-refractivity contribution is 5.85. The van der Waals surface area contributed by atoms with E-state index in [1.807, 2.05) is 4.90 Å². The molecule has 5 nitrogen and oxygen atoms in total. The number of amides is 1. The van der Waals surface area contributed by atoms with Gasteiger partial charge in [-0.25, -0.2) is 4.39 Å². The highest BCUT2D eigenvalue weighted by Crippen LogP contribution is 2.42. The van der Waals surface area contributed by atoms with Crippen molar-refractivity contribution in [3.63, 3.8) is 0 Å². The van der Waals surface area contributed by atoms with Crippen LogP contribution in [0.3, 0.4) is 0 Å². The van der Waals surface area contributed by atoms with E-state index in [0.717, 1.165) is 44.6 Å². The molecule has 2 aliphatic carbocycles. The lowest BCUT2D eigenvalue weighted by molar-refractivity contribution is -0.140. The number of rotatable bonds is 4. The average molecular weight is 462 g/mol. The molecular weight excluding hydrogens is 428 g/mol. The standard InChI is InChI=1S/C22H32FN3O2.2ClH/c1-28-20-6-5-19(23)13-18(20)14-25-7-9-26(10-8-25)22(27)17-11-15-3-2-4-16(12-17)21(15)24;;/h5-6,13,15-17,21H,2-4,7-12,14,24H2,1H3;2*1H. The predicted octanol–water partition coefficient (Wildman–Crippen LogP) is 3.48. The summed E-state index contributed by atoms with van der Waals surface area (Å²) in [5, 5.41) is 0. The molecule has 3 aliphatic rings. The number of halogens is 3. The zero-order valence-corrected chi connectivity index (χ0v) is 19.2. The maximum Gasteiger partial charge on any atom is 0.225 e. The summed E-state index contributed by atoms with van der Waals surface area (Å²) in [5.41, 5.74) is 7.24. The lowest BCUT2D eigenvalue weighted by Gasteiger charge is -2.45. The fraction of sp³-hybridized carbons (Fsp3) is 0.682. The lowest BCUT2D eigenvalue weighted by atomic mass is 9.65. The fourth-order valence-electron chi connectivity index (χ4n) is 5.49. The molecule has 1 amide bonds. The van der Waals surface area contributed by atoms with Gasteiger partial charge in [0.15, 0.2) is 0 Å². The van der Waals surface area contributed by atoms with E-state index in [1.54, 1.807) is 19.2 Å². The van der Waals surface area contributed by atoms with Crippen LogP contribution in [0.25, 0.3) is 0 Å². The summed E-state index contributed by atoms with van der Waals surface area (Å²) in [6, 6.07) is 4.94. The molecule has 1 aromatic carbocycles. The van der Waals surface area contributed by atoms with Crippen LogP contribution in [0.4, 0.5) is 4.39 Å². The van der Waals surface area contributed by atoms with Gasteiger partial charge in [-0.15, -0.1) is 24.8 Å². The van der Waals surface area contributed by atoms with Crippen molar-refractivity contribution in [3.05, 3.63) is 29.6 Å². The van der Waals surface area contributed by atoms with Crippen molar-refractivity contribution in [2.75, 3.05) is 33.3 Å². The second kappa shape index (κ2) is 11.0. The van der Waals surface area contributed by atoms with E-state index in [9.17, 15) is 9.18 Å². The van der Waals surface area contributed by atoms with E-state index in [2.05, 4.69) is 4.90 Å². The van der Waals surface area contributed by atoms with Crippen LogP contribution in [0, 0.1) is 23.6 Å². The van der Waals surface area contributed by atoms with Gasteiger partial charge in [-0.1, -0.05) is 6.42 Å². The monoisotopic (exact) mass is 461 g/mol. The number of piperazine rings is 1. The van der Waals surface area contributed by atoms with Gasteiger partial charge in [0.05, 0.1) is 7.11 Å². The normalized spacial score (nSPS) is 28.8. The first-order valence-electron chi connectivity index (χ1n) is 10.6. The predicted molar refractivity (Wildman–Crippen MR) is 121 cm³/mol. The zero-order valence-electron chi connectivity index (χ0n) is 17.6. The first kappa shape index (κ1) is 25.2. The number of ether oxygens (including phenoxy) is 1. The molecule has 1 heterocycles. The minimum absolute atomic E-state index is 0. The summed E-state index contributed by atoms with van der Waals surface area (Å²) in [7, 11) is 1.61. The second-order valence-corrected chi connectivity index (χ2v) is 8.75. The minimum atomic E-state index is -0.245. The first-order valence-corrected chi connectivity index (χ1v) is 10.6. The van der Waals surface area contributed by atoms with Crippen LogP contribution in [-0.4, -0.2) is 55.0 Å². The number of nitrogens with zero attached hydrogens (tertiary/aromatic N) is 2. The van der Waals surface area contributed by atoms with Crippen molar-refractivity contribution in [2.24, 2.45) is 23.5 Å². The molecule has 1 saturated heterocycles. The Labute approximate surface area is 191 Å². The van der Waals surface area contributed by atoms with Crippen LogP contribution in [0.15, 0.2) is 18.2 Å². The van der Waals surface area contributed by atoms with Crippen molar-refractivity contribution in [1.29, 1.82) is 0 Å². The Morgan fingerprint density at radius 2 is 1.77 bits per heavy atom. The van der Waals surface area contributed by atoms with Gasteiger partial charge in [0.2, 0.25) is 5.91 Å². The van der Waals surface area contributed by atoms with E-state index < -0.39 is 0 Å². The van der Waals surface area contributed by atoms with Crippen LogP contribution in [0.5, 0.6) is 5.75 Å². The molecular formula is C22H34Cl2FN3O2. The molecule has 2 saturated carbocycles. The van der Waals surface area contributed by atoms with Crippen LogP contribution in [0.1, 0.15) is 37.7 Å². The molecule has 3 fully saturated rings. The van der Waals surface area contributed by atoms with Gasteiger partial charge in [-0.05, 0) is 55.7 Å². The summed E-state index contributed by atoms with van der Waals surface area (Å²) in [6.45, 7) is 3.75. The molecule has 0 aromatic heterocycles. The number of carbonyl (C=O) groups is 1. The van der Waals surface area contributed by atoms with Crippen LogP contribution >= 0.6 is 24.8 Å². The number of benzene rings is 1. The number of methoxy groups -OCH3 is 1. The van der Waals surface area contributed by atoms with Crippen LogP contribution in [-0.2, 0) is 11.3 Å². The largest absolute Gasteiger partial charge is 0.496 e. The molecule has 8 heteroatoms. The molecule has 4 rings (SSSR count). The Morgan fingerprint density at radius 1 is 1.13 bits per heavy atom. The number of hydrogen-bond donors (Lipinski definition) is 1. The number of hydrogen-bond acceptors (Lipinski definition) is 4. The Hall–Kier alpha value is -1.08. The highest BCUT2D eigenvalue weighted by atomic mass is 35.5. The summed E-state index contributed by atoms with van der Waals surface area (Å²) in [4.78, 5) is 17.4. The zero-order chi connectivity index (χ0) is 19.7. The number of nitrogens with two attached hydrogens (primary N) is 1. The molecule has 2 unspecified atom stereocenters. The molecule has 0 spiro atoms. The third-order valence-electron chi connectivity index (χ3n) is 7.08. The van der Waals surface area contributed by atoms with E-state index in [1.165, 1.54) is 25.3 Å². The summed E-state index contributed by atoms with van der Waals surface area (Å²) in [6.07, 6.45) is 5.58. The van der Waals surface area contributed by atoms with E-state index >= 15 is 0 Å². The third-order valence-corrected chi connectivity index (χ3v) is 7.08. The Bertz CT molecular complexity index is 702. The van der Waals surface area contributed by atoms with Gasteiger partial charge in [0.1, 0.15) is 11.6 Å². The quantitative estimate of drug-likeness (QED) is 0.745. The van der Waals surface area contributed by atoms with Gasteiger partial charge in [0.25, 0.3) is 0 Å². The smallest absolute Gasteiger partial charge is 0.225 e. The van der Waals surface area contributed by atoms with Crippen molar-refractivity contribution < 1.29 is 13.9 Å². The molecule has 2 N–H and O–H groups in total. The van der Waals surface area contributed by atoms with Gasteiger partial charge in [-0.2, -0.15) is 0 Å². The average Bonchev–Trinajstić information content (AvgIpc) is 2.68. The molecule has 170 valence electrons. The summed E-state index contributed by atoms with van der Waals surface area (Å²) >= 11 is 0. The molecule has 2 atom stereocenters. The van der Waals surface area contributed by atoms with Crippen molar-refractivity contribution in [2.45, 2.75) is 44.7 Å². The Kier molecular flexibility index (Phi) is 9.22. The molecule has 30 heavy (non-hydrogen) atoms. The van der Waals surface area contributed by atoms with Gasteiger partial charge >= 0.3 is 0 Å². The summed E-state index contributed by atoms with van der Waals surface area (Å²) < 4.78 is 19.0. The minimum Gasteiger partial charge on any atom is -0.496 e. The maximum absolute atomic E-state index is 13.6. The molecule has 2 bridgehead atoms. The Balaban J connectivity index is 0.00000160. The lowest BCUT2D eigenvalue weighted by Crippen LogP contribution is -2.53. The van der Waals surface area contributed by atoms with E-state index in [-0.39, 0.29) is 36.5 Å². The second-order valence-electron chi connectivity index (χ2n) is 8.75. The maximum atomic E-state index is 13.6. The van der Waals surface area contributed by atoms with E-state index in [0.29, 0.717) is 36.1 Å². The topological polar surface area (TPSA) is 58.8 Å². The van der Waals surface area contributed by atoms with Gasteiger partial charge in [0, 0.05) is 50.2 Å². The van der Waals surface area contributed by atoms with Crippen molar-refractivity contribution >= 4 is 30.7 Å². The molecule has 1 aliphatic heterocycles. The highest BCUT2D eigenvalue weighted by Gasteiger charge is 2.41. The van der Waals surface area contributed by atoms with Gasteiger partial charge in [-0.3, -0.25) is 9.69 Å². The fourth-order valence-corrected chi connectivity index (χ4v) is 5.49. The van der Waals surface area contributed by atoms with Crippen LogP contribution < -0.4 is 10.5 Å². The van der Waals surface area contributed by atoms with Crippen molar-refractivity contribution in [3.8, 4) is 5.75 Å².